The summed E-state index contributed by atoms with van der Waals surface area (Å²) < 4.78 is 5.98. The van der Waals surface area contributed by atoms with Gasteiger partial charge >= 0.3 is 11.9 Å². The van der Waals surface area contributed by atoms with Crippen molar-refractivity contribution in [3.8, 4) is 0 Å². The number of quaternary nitrogens is 1. The minimum Gasteiger partial charge on any atom is -0.481 e. The normalized spacial score (nSPS) is 12.7. The van der Waals surface area contributed by atoms with Crippen molar-refractivity contribution in [3.63, 3.8) is 0 Å². The number of ether oxygens (including phenoxy) is 1. The number of hydrogen-bond donors (Lipinski definition) is 1. The molecule has 0 saturated carbocycles. The first-order chi connectivity index (χ1) is 13.2. The van der Waals surface area contributed by atoms with Gasteiger partial charge in [-0.1, -0.05) is 84.0 Å². The molecule has 0 heterocycles. The highest BCUT2D eigenvalue weighted by Gasteiger charge is 2.24. The highest BCUT2D eigenvalue weighted by molar-refractivity contribution is 5.71. The van der Waals surface area contributed by atoms with Gasteiger partial charge in [-0.15, -0.1) is 0 Å². The molecule has 0 fully saturated rings. The Kier molecular flexibility index (Phi) is 16.2. The van der Waals surface area contributed by atoms with Crippen LogP contribution in [0.4, 0.5) is 0 Å². The van der Waals surface area contributed by atoms with Crippen LogP contribution in [0.3, 0.4) is 0 Å². The second-order valence-corrected chi connectivity index (χ2v) is 9.18. The number of carbonyl (C=O) groups is 2. The maximum absolute atomic E-state index is 12.0. The summed E-state index contributed by atoms with van der Waals surface area (Å²) in [6, 6.07) is 0. The van der Waals surface area contributed by atoms with Crippen LogP contribution in [0.5, 0.6) is 0 Å². The molecule has 0 aromatic carbocycles. The Morgan fingerprint density at radius 1 is 0.857 bits per heavy atom. The molecule has 0 saturated heterocycles. The van der Waals surface area contributed by atoms with Gasteiger partial charge in [-0.3, -0.25) is 9.59 Å². The van der Waals surface area contributed by atoms with Crippen LogP contribution >= 0.6 is 0 Å². The van der Waals surface area contributed by atoms with Crippen molar-refractivity contribution in [2.24, 2.45) is 0 Å². The van der Waals surface area contributed by atoms with Gasteiger partial charge in [0.2, 0.25) is 0 Å². The lowest BCUT2D eigenvalue weighted by molar-refractivity contribution is -0.873. The Morgan fingerprint density at radius 3 is 1.68 bits per heavy atom. The van der Waals surface area contributed by atoms with Crippen LogP contribution in [0.25, 0.3) is 0 Å². The molecule has 28 heavy (non-hydrogen) atoms. The minimum absolute atomic E-state index is 0.125. The molecule has 1 atom stereocenters. The van der Waals surface area contributed by atoms with Crippen LogP contribution in [0, 0.1) is 0 Å². The first-order valence-electron chi connectivity index (χ1n) is 11.5. The van der Waals surface area contributed by atoms with Crippen molar-refractivity contribution in [3.05, 3.63) is 0 Å². The van der Waals surface area contributed by atoms with E-state index in [1.165, 1.54) is 70.6 Å². The topological polar surface area (TPSA) is 63.6 Å². The highest BCUT2D eigenvalue weighted by Crippen LogP contribution is 2.14. The number of aliphatic carboxylic acids is 1. The van der Waals surface area contributed by atoms with Gasteiger partial charge in [0, 0.05) is 6.42 Å². The summed E-state index contributed by atoms with van der Waals surface area (Å²) in [7, 11) is 5.90. The first-order valence-corrected chi connectivity index (χ1v) is 11.5. The fourth-order valence-electron chi connectivity index (χ4n) is 3.48. The summed E-state index contributed by atoms with van der Waals surface area (Å²) in [5, 5.41) is 8.99. The maximum Gasteiger partial charge on any atom is 0.307 e. The van der Waals surface area contributed by atoms with Crippen LogP contribution in [0.1, 0.15) is 103 Å². The van der Waals surface area contributed by atoms with E-state index in [-0.39, 0.29) is 12.4 Å². The molecule has 5 heteroatoms. The smallest absolute Gasteiger partial charge is 0.307 e. The summed E-state index contributed by atoms with van der Waals surface area (Å²) in [5.41, 5.74) is 0. The molecule has 1 N–H and O–H groups in total. The lowest BCUT2D eigenvalue weighted by Crippen LogP contribution is -2.43. The minimum atomic E-state index is -0.924. The van der Waals surface area contributed by atoms with Gasteiger partial charge in [-0.25, -0.2) is 0 Å². The molecule has 166 valence electrons. The van der Waals surface area contributed by atoms with Crippen molar-refractivity contribution < 1.29 is 23.9 Å². The number of nitrogens with zero attached hydrogens (tertiary/aromatic N) is 1. The molecule has 0 aliphatic heterocycles. The van der Waals surface area contributed by atoms with E-state index in [9.17, 15) is 9.59 Å². The molecule has 0 aliphatic carbocycles. The average Bonchev–Trinajstić information content (AvgIpc) is 2.56. The predicted molar refractivity (Wildman–Crippen MR) is 115 cm³/mol. The number of carbonyl (C=O) groups excluding carboxylic acids is 1. The summed E-state index contributed by atoms with van der Waals surface area (Å²) >= 11 is 0. The van der Waals surface area contributed by atoms with Gasteiger partial charge in [-0.05, 0) is 6.42 Å². The summed E-state index contributed by atoms with van der Waals surface area (Å²) in [4.78, 5) is 23.0. The highest BCUT2D eigenvalue weighted by atomic mass is 16.8. The third-order valence-electron chi connectivity index (χ3n) is 4.94. The Bertz CT molecular complexity index is 404. The molecule has 1 unspecified atom stereocenters. The SMILES string of the molecule is CCCCCCCCCCCCCCC[14C](=O)OC(CC(=O)O)C[N+](C)(C)C. The van der Waals surface area contributed by atoms with Crippen molar-refractivity contribution >= 4 is 11.9 Å². The van der Waals surface area contributed by atoms with Crippen LogP contribution in [-0.2, 0) is 14.3 Å². The van der Waals surface area contributed by atoms with E-state index in [1.807, 2.05) is 21.1 Å². The molecule has 0 bridgehead atoms. The fourth-order valence-corrected chi connectivity index (χ4v) is 3.48. The number of carboxylic acids is 1. The molecule has 0 radical (unpaired) electrons. The van der Waals surface area contributed by atoms with Crippen LogP contribution in [0.2, 0.25) is 0 Å². The van der Waals surface area contributed by atoms with Crippen molar-refractivity contribution in [2.45, 2.75) is 109 Å². The van der Waals surface area contributed by atoms with Gasteiger partial charge in [0.25, 0.3) is 0 Å². The van der Waals surface area contributed by atoms with Gasteiger partial charge in [0.15, 0.2) is 6.10 Å². The molecule has 0 rings (SSSR count). The summed E-state index contributed by atoms with van der Waals surface area (Å²) in [6.07, 6.45) is 16.2. The van der Waals surface area contributed by atoms with E-state index >= 15 is 0 Å². The molecule has 0 aromatic heterocycles. The van der Waals surface area contributed by atoms with E-state index in [0.29, 0.717) is 17.4 Å². The van der Waals surface area contributed by atoms with E-state index < -0.39 is 12.1 Å². The largest absolute Gasteiger partial charge is 0.481 e. The second-order valence-electron chi connectivity index (χ2n) is 9.18. The average molecular weight is 403 g/mol. The first kappa shape index (κ1) is 26.9. The maximum atomic E-state index is 12.0. The lowest BCUT2D eigenvalue weighted by Gasteiger charge is -2.28. The van der Waals surface area contributed by atoms with E-state index in [2.05, 4.69) is 6.92 Å². The number of esters is 1. The van der Waals surface area contributed by atoms with Crippen LogP contribution in [-0.4, -0.2) is 55.3 Å². The van der Waals surface area contributed by atoms with Gasteiger partial charge in [-0.2, -0.15) is 0 Å². The second kappa shape index (κ2) is 16.8. The zero-order chi connectivity index (χ0) is 21.3. The van der Waals surface area contributed by atoms with Crippen LogP contribution < -0.4 is 0 Å². The summed E-state index contributed by atoms with van der Waals surface area (Å²) in [5.74, 6) is -1.19. The van der Waals surface area contributed by atoms with Crippen molar-refractivity contribution in [1.29, 1.82) is 0 Å². The molecule has 0 amide bonds. The van der Waals surface area contributed by atoms with Gasteiger partial charge in [0.1, 0.15) is 6.54 Å². The third kappa shape index (κ3) is 19.7. The third-order valence-corrected chi connectivity index (χ3v) is 4.94. The van der Waals surface area contributed by atoms with Crippen molar-refractivity contribution in [2.75, 3.05) is 27.7 Å². The zero-order valence-electron chi connectivity index (χ0n) is 19.0. The fraction of sp³-hybridized carbons (Fsp3) is 0.913. The Balaban J connectivity index is 3.63. The molecular formula is C23H46NO4+. The molecule has 0 spiro atoms. The Hall–Kier alpha value is -1.10. The van der Waals surface area contributed by atoms with Crippen molar-refractivity contribution in [1.82, 2.24) is 0 Å². The number of likely N-dealkylation sites (N-methyl/N-ethyl adjacent to an activating group) is 1. The van der Waals surface area contributed by atoms with E-state index in [0.717, 1.165) is 12.8 Å². The summed E-state index contributed by atoms with van der Waals surface area (Å²) in [6.45, 7) is 2.77. The molecular weight excluding hydrogens is 356 g/mol. The Morgan fingerprint density at radius 2 is 1.29 bits per heavy atom. The molecule has 0 aromatic rings. The van der Waals surface area contributed by atoms with Crippen LogP contribution in [0.15, 0.2) is 0 Å². The lowest BCUT2D eigenvalue weighted by atomic mass is 10.0. The standard InChI is InChI=1S/C23H45NO4/c1-5-6-7-8-9-10-11-12-13-14-15-16-17-18-23(27)28-21(19-22(25)26)20-24(2,3)4/h21H,5-20H2,1-4H3/p+1/i23+2. The number of unbranched alkanes of at least 4 members (excludes halogenated alkanes) is 12. The quantitative estimate of drug-likeness (QED) is 0.174. The Labute approximate surface area is 173 Å². The number of carboxylic acid groups (broad SMARTS) is 1. The monoisotopic (exact) mass is 402 g/mol. The van der Waals surface area contributed by atoms with Gasteiger partial charge in [0.05, 0.1) is 27.6 Å². The van der Waals surface area contributed by atoms with E-state index in [4.69, 9.17) is 9.84 Å². The number of hydrogen-bond acceptors (Lipinski definition) is 3. The molecule has 0 aliphatic rings. The molecule has 5 nitrogen and oxygen atoms in total. The predicted octanol–water partition coefficient (Wildman–Crippen LogP) is 5.56. The van der Waals surface area contributed by atoms with E-state index in [1.54, 1.807) is 0 Å². The van der Waals surface area contributed by atoms with Gasteiger partial charge < -0.3 is 14.3 Å². The number of rotatable bonds is 19. The zero-order valence-corrected chi connectivity index (χ0v) is 19.0.